The second-order valence-electron chi connectivity index (χ2n) is 4.07. The lowest BCUT2D eigenvalue weighted by Crippen LogP contribution is -2.49. The summed E-state index contributed by atoms with van der Waals surface area (Å²) in [5.41, 5.74) is 0. The minimum atomic E-state index is -0.707. The largest absolute Gasteiger partial charge is 0.481 e. The molecule has 0 radical (unpaired) electrons. The van der Waals surface area contributed by atoms with Crippen molar-refractivity contribution in [1.29, 1.82) is 0 Å². The Morgan fingerprint density at radius 3 is 3.06 bits per heavy atom. The molecule has 1 aliphatic heterocycles. The van der Waals surface area contributed by atoms with E-state index >= 15 is 0 Å². The van der Waals surface area contributed by atoms with Crippen LogP contribution in [0.25, 0.3) is 0 Å². The molecule has 0 aromatic heterocycles. The molecule has 1 N–H and O–H groups in total. The number of carbonyl (C=O) groups is 1. The van der Waals surface area contributed by atoms with Crippen LogP contribution in [-0.2, 0) is 9.53 Å². The van der Waals surface area contributed by atoms with Gasteiger partial charge in [0.05, 0.1) is 13.0 Å². The molecule has 2 unspecified atom stereocenters. The molecule has 0 amide bonds. The molecule has 1 heterocycles. The summed E-state index contributed by atoms with van der Waals surface area (Å²) in [5.74, 6) is 1.30. The van der Waals surface area contributed by atoms with Crippen LogP contribution in [0.3, 0.4) is 0 Å². The van der Waals surface area contributed by atoms with Crippen molar-refractivity contribution in [3.05, 3.63) is 0 Å². The Hall–Kier alpha value is -0.260. The quantitative estimate of drug-likeness (QED) is 0.767. The molecule has 0 aromatic rings. The van der Waals surface area contributed by atoms with Gasteiger partial charge < -0.3 is 9.84 Å². The number of hydrogen-bond acceptors (Lipinski definition) is 4. The van der Waals surface area contributed by atoms with Crippen molar-refractivity contribution in [2.24, 2.45) is 0 Å². The second-order valence-corrected chi connectivity index (χ2v) is 5.22. The number of thioether (sulfide) groups is 1. The van der Waals surface area contributed by atoms with Gasteiger partial charge in [-0.05, 0) is 13.8 Å². The van der Waals surface area contributed by atoms with E-state index in [0.29, 0.717) is 12.6 Å². The van der Waals surface area contributed by atoms with Gasteiger partial charge in [0, 0.05) is 36.7 Å². The van der Waals surface area contributed by atoms with E-state index < -0.39 is 5.97 Å². The van der Waals surface area contributed by atoms with E-state index in [2.05, 4.69) is 11.8 Å². The molecule has 4 nitrogen and oxygen atoms in total. The number of nitrogens with zero attached hydrogens (tertiary/aromatic N) is 1. The first-order valence-corrected chi connectivity index (χ1v) is 6.93. The van der Waals surface area contributed by atoms with Crippen LogP contribution in [0.5, 0.6) is 0 Å². The van der Waals surface area contributed by atoms with Crippen molar-refractivity contribution < 1.29 is 14.6 Å². The summed E-state index contributed by atoms with van der Waals surface area (Å²) in [6.07, 6.45) is 0.240. The Morgan fingerprint density at radius 2 is 2.44 bits per heavy atom. The monoisotopic (exact) mass is 247 g/mol. The number of carboxylic acid groups (broad SMARTS) is 1. The predicted octanol–water partition coefficient (Wildman–Crippen LogP) is 1.30. The van der Waals surface area contributed by atoms with Crippen molar-refractivity contribution in [2.75, 3.05) is 31.3 Å². The van der Waals surface area contributed by atoms with Crippen molar-refractivity contribution in [2.45, 2.75) is 32.4 Å². The number of carboxylic acids is 1. The Kier molecular flexibility index (Phi) is 6.16. The van der Waals surface area contributed by atoms with Gasteiger partial charge in [-0.25, -0.2) is 0 Å². The van der Waals surface area contributed by atoms with E-state index in [9.17, 15) is 4.79 Å². The SMILES string of the molecule is CCOCC(C)N1CCSCC1CC(=O)O. The standard InChI is InChI=1S/C11H21NO3S/c1-3-15-7-9(2)12-4-5-16-8-10(12)6-11(13)14/h9-10H,3-8H2,1-2H3,(H,13,14). The summed E-state index contributed by atoms with van der Waals surface area (Å²) in [6.45, 7) is 6.47. The van der Waals surface area contributed by atoms with Crippen molar-refractivity contribution in [3.63, 3.8) is 0 Å². The highest BCUT2D eigenvalue weighted by Crippen LogP contribution is 2.21. The Balaban J connectivity index is 2.48. The zero-order chi connectivity index (χ0) is 12.0. The Morgan fingerprint density at radius 1 is 1.69 bits per heavy atom. The molecule has 0 spiro atoms. The fourth-order valence-electron chi connectivity index (χ4n) is 2.01. The van der Waals surface area contributed by atoms with Gasteiger partial charge in [-0.2, -0.15) is 11.8 Å². The van der Waals surface area contributed by atoms with Gasteiger partial charge in [0.25, 0.3) is 0 Å². The zero-order valence-electron chi connectivity index (χ0n) is 10.0. The molecule has 16 heavy (non-hydrogen) atoms. The van der Waals surface area contributed by atoms with Gasteiger partial charge in [-0.3, -0.25) is 9.69 Å². The van der Waals surface area contributed by atoms with Crippen LogP contribution in [0, 0.1) is 0 Å². The summed E-state index contributed by atoms with van der Waals surface area (Å²) < 4.78 is 5.41. The van der Waals surface area contributed by atoms with Crippen molar-refractivity contribution in [1.82, 2.24) is 4.90 Å². The Bertz CT molecular complexity index is 225. The van der Waals surface area contributed by atoms with E-state index in [-0.39, 0.29) is 12.5 Å². The Labute approximate surface area is 101 Å². The maximum Gasteiger partial charge on any atom is 0.304 e. The molecular weight excluding hydrogens is 226 g/mol. The topological polar surface area (TPSA) is 49.8 Å². The summed E-state index contributed by atoms with van der Waals surface area (Å²) in [4.78, 5) is 13.1. The number of rotatable bonds is 6. The molecule has 0 saturated carbocycles. The maximum atomic E-state index is 10.8. The lowest BCUT2D eigenvalue weighted by Gasteiger charge is -2.38. The second kappa shape index (κ2) is 7.14. The number of ether oxygens (including phenoxy) is 1. The fraction of sp³-hybridized carbons (Fsp3) is 0.909. The van der Waals surface area contributed by atoms with E-state index in [0.717, 1.165) is 24.7 Å². The van der Waals surface area contributed by atoms with Gasteiger partial charge in [0.15, 0.2) is 0 Å². The van der Waals surface area contributed by atoms with Crippen molar-refractivity contribution >= 4 is 17.7 Å². The molecule has 1 aliphatic rings. The van der Waals surface area contributed by atoms with Gasteiger partial charge >= 0.3 is 5.97 Å². The molecule has 1 saturated heterocycles. The predicted molar refractivity (Wildman–Crippen MR) is 66.0 cm³/mol. The van der Waals surface area contributed by atoms with Crippen LogP contribution in [-0.4, -0.2) is 59.3 Å². The van der Waals surface area contributed by atoms with Gasteiger partial charge in [0.2, 0.25) is 0 Å². The van der Waals surface area contributed by atoms with Gasteiger partial charge in [0.1, 0.15) is 0 Å². The number of hydrogen-bond donors (Lipinski definition) is 1. The molecule has 0 aliphatic carbocycles. The molecule has 94 valence electrons. The summed E-state index contributed by atoms with van der Waals surface area (Å²) in [5, 5.41) is 8.87. The minimum absolute atomic E-state index is 0.159. The minimum Gasteiger partial charge on any atom is -0.481 e. The van der Waals surface area contributed by atoms with Crippen molar-refractivity contribution in [3.8, 4) is 0 Å². The summed E-state index contributed by atoms with van der Waals surface area (Å²) in [6, 6.07) is 0.469. The zero-order valence-corrected chi connectivity index (χ0v) is 10.8. The third-order valence-electron chi connectivity index (χ3n) is 2.81. The van der Waals surface area contributed by atoms with Crippen LogP contribution in [0.2, 0.25) is 0 Å². The average molecular weight is 247 g/mol. The summed E-state index contributed by atoms with van der Waals surface area (Å²) in [7, 11) is 0. The van der Waals surface area contributed by atoms with E-state index in [1.54, 1.807) is 0 Å². The smallest absolute Gasteiger partial charge is 0.304 e. The first-order valence-electron chi connectivity index (χ1n) is 5.78. The first kappa shape index (κ1) is 13.8. The van der Waals surface area contributed by atoms with Crippen LogP contribution in [0.1, 0.15) is 20.3 Å². The van der Waals surface area contributed by atoms with Gasteiger partial charge in [-0.1, -0.05) is 0 Å². The molecule has 1 fully saturated rings. The molecule has 0 bridgehead atoms. The van der Waals surface area contributed by atoms with Crippen LogP contribution in [0.4, 0.5) is 0 Å². The lowest BCUT2D eigenvalue weighted by atomic mass is 10.1. The highest BCUT2D eigenvalue weighted by atomic mass is 32.2. The van der Waals surface area contributed by atoms with E-state index in [1.165, 1.54) is 0 Å². The summed E-state index contributed by atoms with van der Waals surface area (Å²) >= 11 is 1.84. The van der Waals surface area contributed by atoms with Crippen LogP contribution < -0.4 is 0 Å². The van der Waals surface area contributed by atoms with Crippen LogP contribution >= 0.6 is 11.8 Å². The molecule has 0 aromatic carbocycles. The molecule has 1 rings (SSSR count). The molecule has 5 heteroatoms. The maximum absolute atomic E-state index is 10.8. The normalized spacial score (nSPS) is 24.2. The molecular formula is C11H21NO3S. The third-order valence-corrected chi connectivity index (χ3v) is 3.90. The fourth-order valence-corrected chi connectivity index (χ4v) is 3.10. The average Bonchev–Trinajstić information content (AvgIpc) is 2.26. The van der Waals surface area contributed by atoms with E-state index in [4.69, 9.17) is 9.84 Å². The van der Waals surface area contributed by atoms with Gasteiger partial charge in [-0.15, -0.1) is 0 Å². The highest BCUT2D eigenvalue weighted by Gasteiger charge is 2.28. The highest BCUT2D eigenvalue weighted by molar-refractivity contribution is 7.99. The third kappa shape index (κ3) is 4.31. The van der Waals surface area contributed by atoms with Crippen LogP contribution in [0.15, 0.2) is 0 Å². The molecule has 2 atom stereocenters. The van der Waals surface area contributed by atoms with E-state index in [1.807, 2.05) is 18.7 Å². The first-order chi connectivity index (χ1) is 7.65. The lowest BCUT2D eigenvalue weighted by molar-refractivity contribution is -0.138. The number of aliphatic carboxylic acids is 1.